The van der Waals surface area contributed by atoms with Crippen molar-refractivity contribution in [3.8, 4) is 0 Å². The molecule has 4 nitrogen and oxygen atoms in total. The molecule has 0 aliphatic heterocycles. The van der Waals surface area contributed by atoms with E-state index in [1.807, 2.05) is 0 Å². The van der Waals surface area contributed by atoms with Crippen molar-refractivity contribution in [1.29, 1.82) is 0 Å². The minimum absolute atomic E-state index is 0.159. The van der Waals surface area contributed by atoms with Crippen LogP contribution >= 0.6 is 0 Å². The van der Waals surface area contributed by atoms with Gasteiger partial charge in [0.1, 0.15) is 0 Å². The van der Waals surface area contributed by atoms with Gasteiger partial charge in [0.15, 0.2) is 0 Å². The SMILES string of the molecule is CCCCCCOC(=O)C1CC2CCCCC2CC1C(=O)OCCCCCC. The van der Waals surface area contributed by atoms with Crippen molar-refractivity contribution < 1.29 is 19.1 Å². The maximum absolute atomic E-state index is 12.8. The summed E-state index contributed by atoms with van der Waals surface area (Å²) in [4.78, 5) is 25.6. The van der Waals surface area contributed by atoms with Crippen LogP contribution in [0, 0.1) is 23.7 Å². The molecule has 0 saturated heterocycles. The van der Waals surface area contributed by atoms with Crippen LogP contribution in [0.3, 0.4) is 0 Å². The number of carbonyl (C=O) groups excluding carboxylic acids is 2. The third kappa shape index (κ3) is 7.40. The smallest absolute Gasteiger partial charge is 0.309 e. The van der Waals surface area contributed by atoms with Crippen LogP contribution in [0.25, 0.3) is 0 Å². The Morgan fingerprint density at radius 2 is 1.11 bits per heavy atom. The molecule has 4 heteroatoms. The van der Waals surface area contributed by atoms with Crippen LogP contribution in [0.4, 0.5) is 0 Å². The van der Waals surface area contributed by atoms with Crippen LogP contribution in [0.15, 0.2) is 0 Å². The van der Waals surface area contributed by atoms with Gasteiger partial charge in [-0.05, 0) is 37.5 Å². The number of hydrogen-bond donors (Lipinski definition) is 0. The van der Waals surface area contributed by atoms with E-state index in [0.29, 0.717) is 25.0 Å². The van der Waals surface area contributed by atoms with Crippen molar-refractivity contribution in [2.45, 2.75) is 104 Å². The molecule has 0 N–H and O–H groups in total. The predicted molar refractivity (Wildman–Crippen MR) is 112 cm³/mol. The number of hydrogen-bond acceptors (Lipinski definition) is 4. The van der Waals surface area contributed by atoms with E-state index in [-0.39, 0.29) is 23.8 Å². The van der Waals surface area contributed by atoms with Crippen molar-refractivity contribution in [3.05, 3.63) is 0 Å². The minimum Gasteiger partial charge on any atom is -0.465 e. The molecule has 162 valence electrons. The Kier molecular flexibility index (Phi) is 11.0. The predicted octanol–water partition coefficient (Wildman–Crippen LogP) is 6.07. The van der Waals surface area contributed by atoms with Crippen LogP contribution in [0.5, 0.6) is 0 Å². The lowest BCUT2D eigenvalue weighted by molar-refractivity contribution is -0.166. The Morgan fingerprint density at radius 1 is 0.679 bits per heavy atom. The van der Waals surface area contributed by atoms with E-state index in [0.717, 1.165) is 38.5 Å². The fourth-order valence-electron chi connectivity index (χ4n) is 5.02. The van der Waals surface area contributed by atoms with E-state index in [1.165, 1.54) is 51.4 Å². The van der Waals surface area contributed by atoms with Gasteiger partial charge in [-0.25, -0.2) is 0 Å². The first-order valence-electron chi connectivity index (χ1n) is 12.0. The van der Waals surface area contributed by atoms with Crippen LogP contribution in [0.2, 0.25) is 0 Å². The molecule has 0 aromatic heterocycles. The van der Waals surface area contributed by atoms with E-state index in [2.05, 4.69) is 13.8 Å². The largest absolute Gasteiger partial charge is 0.465 e. The van der Waals surface area contributed by atoms with Gasteiger partial charge in [-0.3, -0.25) is 9.59 Å². The first kappa shape index (κ1) is 23.2. The summed E-state index contributed by atoms with van der Waals surface area (Å²) in [7, 11) is 0. The highest BCUT2D eigenvalue weighted by molar-refractivity contribution is 5.82. The highest BCUT2D eigenvalue weighted by Gasteiger charge is 2.45. The van der Waals surface area contributed by atoms with Gasteiger partial charge < -0.3 is 9.47 Å². The van der Waals surface area contributed by atoms with Crippen molar-refractivity contribution in [3.63, 3.8) is 0 Å². The summed E-state index contributed by atoms with van der Waals surface area (Å²) in [6.45, 7) is 5.32. The lowest BCUT2D eigenvalue weighted by Gasteiger charge is -2.41. The lowest BCUT2D eigenvalue weighted by atomic mass is 9.63. The van der Waals surface area contributed by atoms with Crippen molar-refractivity contribution in [2.24, 2.45) is 23.7 Å². The molecule has 2 saturated carbocycles. The summed E-state index contributed by atoms with van der Waals surface area (Å²) < 4.78 is 11.2. The Bertz CT molecular complexity index is 420. The molecule has 0 aromatic carbocycles. The Balaban J connectivity index is 1.88. The molecule has 28 heavy (non-hydrogen) atoms. The molecule has 2 aliphatic carbocycles. The standard InChI is InChI=1S/C24H42O4/c1-3-5-7-11-15-27-23(25)21-17-19-13-9-10-14-20(19)18-22(21)24(26)28-16-12-8-6-4-2/h19-22H,3-18H2,1-2H3. The summed E-state index contributed by atoms with van der Waals surface area (Å²) in [5.41, 5.74) is 0. The van der Waals surface area contributed by atoms with Crippen LogP contribution in [0.1, 0.15) is 104 Å². The van der Waals surface area contributed by atoms with Crippen molar-refractivity contribution in [2.75, 3.05) is 13.2 Å². The summed E-state index contributed by atoms with van der Waals surface area (Å²) in [5, 5.41) is 0. The second kappa shape index (κ2) is 13.2. The number of carbonyl (C=O) groups is 2. The molecule has 0 aromatic rings. The molecule has 0 amide bonds. The quantitative estimate of drug-likeness (QED) is 0.298. The molecule has 0 spiro atoms. The minimum atomic E-state index is -0.298. The molecular weight excluding hydrogens is 352 g/mol. The number of esters is 2. The molecule has 4 unspecified atom stereocenters. The maximum Gasteiger partial charge on any atom is 0.309 e. The van der Waals surface area contributed by atoms with E-state index in [4.69, 9.17) is 9.47 Å². The fraction of sp³-hybridized carbons (Fsp3) is 0.917. The third-order valence-electron chi connectivity index (χ3n) is 6.76. The topological polar surface area (TPSA) is 52.6 Å². The van der Waals surface area contributed by atoms with Gasteiger partial charge in [-0.15, -0.1) is 0 Å². The second-order valence-electron chi connectivity index (χ2n) is 8.95. The fourth-order valence-corrected chi connectivity index (χ4v) is 5.02. The number of unbranched alkanes of at least 4 members (excludes halogenated alkanes) is 6. The maximum atomic E-state index is 12.8. The Hall–Kier alpha value is -1.06. The van der Waals surface area contributed by atoms with Crippen LogP contribution in [-0.4, -0.2) is 25.2 Å². The monoisotopic (exact) mass is 394 g/mol. The van der Waals surface area contributed by atoms with Gasteiger partial charge in [0, 0.05) is 0 Å². The summed E-state index contributed by atoms with van der Waals surface area (Å²) >= 11 is 0. The molecule has 2 rings (SSSR count). The highest BCUT2D eigenvalue weighted by Crippen LogP contribution is 2.46. The van der Waals surface area contributed by atoms with E-state index < -0.39 is 0 Å². The van der Waals surface area contributed by atoms with Crippen LogP contribution < -0.4 is 0 Å². The van der Waals surface area contributed by atoms with Gasteiger partial charge >= 0.3 is 11.9 Å². The van der Waals surface area contributed by atoms with Gasteiger partial charge in [0.05, 0.1) is 25.0 Å². The molecule has 4 atom stereocenters. The first-order chi connectivity index (χ1) is 13.7. The van der Waals surface area contributed by atoms with Gasteiger partial charge in [0.2, 0.25) is 0 Å². The number of rotatable bonds is 12. The first-order valence-corrected chi connectivity index (χ1v) is 12.0. The molecular formula is C24H42O4. The molecule has 2 fully saturated rings. The summed E-state index contributed by atoms with van der Waals surface area (Å²) in [6.07, 6.45) is 15.3. The lowest BCUT2D eigenvalue weighted by Crippen LogP contribution is -2.42. The molecule has 0 bridgehead atoms. The average molecular weight is 395 g/mol. The van der Waals surface area contributed by atoms with E-state index >= 15 is 0 Å². The second-order valence-corrected chi connectivity index (χ2v) is 8.95. The van der Waals surface area contributed by atoms with Gasteiger partial charge in [0.25, 0.3) is 0 Å². The van der Waals surface area contributed by atoms with E-state index in [1.54, 1.807) is 0 Å². The van der Waals surface area contributed by atoms with Gasteiger partial charge in [-0.1, -0.05) is 78.1 Å². The molecule has 2 aliphatic rings. The normalized spacial score (nSPS) is 27.1. The zero-order valence-corrected chi connectivity index (χ0v) is 18.3. The zero-order valence-electron chi connectivity index (χ0n) is 18.3. The molecule has 0 heterocycles. The third-order valence-corrected chi connectivity index (χ3v) is 6.76. The summed E-state index contributed by atoms with van der Waals surface area (Å²) in [5.74, 6) is 0.254. The molecule has 0 radical (unpaired) electrons. The van der Waals surface area contributed by atoms with Crippen molar-refractivity contribution in [1.82, 2.24) is 0 Å². The number of fused-ring (bicyclic) bond motifs is 1. The average Bonchev–Trinajstić information content (AvgIpc) is 2.72. The highest BCUT2D eigenvalue weighted by atomic mass is 16.5. The van der Waals surface area contributed by atoms with E-state index in [9.17, 15) is 9.59 Å². The summed E-state index contributed by atoms with van der Waals surface area (Å²) in [6, 6.07) is 0. The number of ether oxygens (including phenoxy) is 2. The van der Waals surface area contributed by atoms with Crippen molar-refractivity contribution >= 4 is 11.9 Å². The Morgan fingerprint density at radius 3 is 1.50 bits per heavy atom. The Labute approximate surface area is 172 Å². The zero-order chi connectivity index (χ0) is 20.2. The van der Waals surface area contributed by atoms with Crippen LogP contribution in [-0.2, 0) is 19.1 Å². The van der Waals surface area contributed by atoms with Gasteiger partial charge in [-0.2, -0.15) is 0 Å².